The van der Waals surface area contributed by atoms with Crippen LogP contribution < -0.4 is 0 Å². The van der Waals surface area contributed by atoms with Gasteiger partial charge in [-0.2, -0.15) is 0 Å². The quantitative estimate of drug-likeness (QED) is 0.523. The number of ether oxygens (including phenoxy) is 2. The Morgan fingerprint density at radius 2 is 2.27 bits per heavy atom. The number of rotatable bonds is 2. The van der Waals surface area contributed by atoms with Crippen LogP contribution in [0.4, 0.5) is 0 Å². The Kier molecular flexibility index (Phi) is 3.02. The summed E-state index contributed by atoms with van der Waals surface area (Å²) in [6.45, 7) is -0.0942. The van der Waals surface area contributed by atoms with Crippen LogP contribution in [0.15, 0.2) is 12.2 Å². The van der Waals surface area contributed by atoms with Crippen LogP contribution in [0, 0.1) is 0 Å². The van der Waals surface area contributed by atoms with Gasteiger partial charge in [0.15, 0.2) is 6.29 Å². The second kappa shape index (κ2) is 3.82. The summed E-state index contributed by atoms with van der Waals surface area (Å²) in [6, 6.07) is 0. The largest absolute Gasteiger partial charge is 0.393 e. The van der Waals surface area contributed by atoms with E-state index < -0.39 is 12.4 Å². The molecule has 0 unspecified atom stereocenters. The highest BCUT2D eigenvalue weighted by atomic mass is 16.7. The normalized spacial score (nSPS) is 37.5. The Bertz CT molecular complexity index is 145. The van der Waals surface area contributed by atoms with Crippen molar-refractivity contribution >= 4 is 0 Å². The van der Waals surface area contributed by atoms with E-state index in [0.29, 0.717) is 0 Å². The fourth-order valence-electron chi connectivity index (χ4n) is 0.925. The zero-order chi connectivity index (χ0) is 8.27. The van der Waals surface area contributed by atoms with Crippen LogP contribution in [-0.4, -0.2) is 42.4 Å². The minimum absolute atomic E-state index is 0.0942. The summed E-state index contributed by atoms with van der Waals surface area (Å²) < 4.78 is 9.89. The maximum atomic E-state index is 9.16. The molecule has 64 valence electrons. The van der Waals surface area contributed by atoms with Crippen LogP contribution in [-0.2, 0) is 9.47 Å². The van der Waals surface area contributed by atoms with E-state index in [9.17, 15) is 0 Å². The molecule has 2 N–H and O–H groups in total. The SMILES string of the molecule is CO[C@@H]1O[C@H](CO)C=C[C@@H]1O. The molecule has 0 spiro atoms. The molecule has 0 bridgehead atoms. The van der Waals surface area contributed by atoms with Crippen molar-refractivity contribution in [3.05, 3.63) is 12.2 Å². The van der Waals surface area contributed by atoms with E-state index in [1.165, 1.54) is 7.11 Å². The lowest BCUT2D eigenvalue weighted by molar-refractivity contribution is -0.195. The number of aliphatic hydroxyl groups is 2. The molecule has 0 amide bonds. The van der Waals surface area contributed by atoms with Crippen LogP contribution in [0.2, 0.25) is 0 Å². The standard InChI is InChI=1S/C7H12O4/c1-10-7-6(9)3-2-5(4-8)11-7/h2-3,5-9H,4H2,1H3/t5-,6-,7+/m0/s1. The molecule has 0 aromatic rings. The Morgan fingerprint density at radius 3 is 2.82 bits per heavy atom. The van der Waals surface area contributed by atoms with Crippen LogP contribution in [0.1, 0.15) is 0 Å². The molecule has 1 rings (SSSR count). The van der Waals surface area contributed by atoms with Crippen molar-refractivity contribution in [2.75, 3.05) is 13.7 Å². The van der Waals surface area contributed by atoms with Gasteiger partial charge in [0.05, 0.1) is 6.61 Å². The van der Waals surface area contributed by atoms with Crippen molar-refractivity contribution < 1.29 is 19.7 Å². The van der Waals surface area contributed by atoms with Crippen molar-refractivity contribution in [3.8, 4) is 0 Å². The van der Waals surface area contributed by atoms with Crippen molar-refractivity contribution in [3.63, 3.8) is 0 Å². The topological polar surface area (TPSA) is 58.9 Å². The first-order valence-electron chi connectivity index (χ1n) is 3.43. The van der Waals surface area contributed by atoms with Gasteiger partial charge in [-0.25, -0.2) is 0 Å². The Labute approximate surface area is 65.0 Å². The summed E-state index contributed by atoms with van der Waals surface area (Å²) in [4.78, 5) is 0. The van der Waals surface area contributed by atoms with Gasteiger partial charge in [0, 0.05) is 7.11 Å². The summed E-state index contributed by atoms with van der Waals surface area (Å²) in [7, 11) is 1.45. The molecule has 11 heavy (non-hydrogen) atoms. The highest BCUT2D eigenvalue weighted by molar-refractivity contribution is 4.99. The van der Waals surface area contributed by atoms with E-state index in [2.05, 4.69) is 0 Å². The van der Waals surface area contributed by atoms with E-state index in [-0.39, 0.29) is 12.7 Å². The third-order valence-corrected chi connectivity index (χ3v) is 1.52. The Morgan fingerprint density at radius 1 is 1.55 bits per heavy atom. The second-order valence-electron chi connectivity index (χ2n) is 2.34. The average Bonchev–Trinajstić information content (AvgIpc) is 2.05. The molecule has 0 radical (unpaired) electrons. The molecule has 4 heteroatoms. The van der Waals surface area contributed by atoms with E-state index in [1.54, 1.807) is 12.2 Å². The summed E-state index contributed by atoms with van der Waals surface area (Å²) in [5.41, 5.74) is 0. The smallest absolute Gasteiger partial charge is 0.187 e. The van der Waals surface area contributed by atoms with Gasteiger partial charge in [0.1, 0.15) is 12.2 Å². The molecular formula is C7H12O4. The highest BCUT2D eigenvalue weighted by Gasteiger charge is 2.24. The number of hydrogen-bond donors (Lipinski definition) is 2. The lowest BCUT2D eigenvalue weighted by Gasteiger charge is -2.27. The zero-order valence-electron chi connectivity index (χ0n) is 6.30. The van der Waals surface area contributed by atoms with Crippen molar-refractivity contribution in [2.45, 2.75) is 18.5 Å². The Balaban J connectivity index is 2.52. The molecule has 1 heterocycles. The van der Waals surface area contributed by atoms with Crippen molar-refractivity contribution in [1.82, 2.24) is 0 Å². The first-order chi connectivity index (χ1) is 5.27. The molecular weight excluding hydrogens is 148 g/mol. The lowest BCUT2D eigenvalue weighted by atomic mass is 10.2. The molecule has 4 nitrogen and oxygen atoms in total. The van der Waals surface area contributed by atoms with E-state index in [0.717, 1.165) is 0 Å². The molecule has 0 aromatic heterocycles. The van der Waals surface area contributed by atoms with Gasteiger partial charge in [0.2, 0.25) is 0 Å². The first kappa shape index (κ1) is 8.67. The van der Waals surface area contributed by atoms with Crippen molar-refractivity contribution in [1.29, 1.82) is 0 Å². The maximum absolute atomic E-state index is 9.16. The summed E-state index contributed by atoms with van der Waals surface area (Å²) in [6.07, 6.45) is 1.42. The average molecular weight is 160 g/mol. The molecule has 1 aliphatic heterocycles. The minimum Gasteiger partial charge on any atom is -0.393 e. The molecule has 0 aliphatic carbocycles. The molecule has 0 aromatic carbocycles. The predicted octanol–water partition coefficient (Wildman–Crippen LogP) is -0.733. The van der Waals surface area contributed by atoms with E-state index in [4.69, 9.17) is 19.7 Å². The zero-order valence-corrected chi connectivity index (χ0v) is 6.30. The van der Waals surface area contributed by atoms with Crippen LogP contribution >= 0.6 is 0 Å². The van der Waals surface area contributed by atoms with Crippen LogP contribution in [0.3, 0.4) is 0 Å². The third kappa shape index (κ3) is 2.00. The summed E-state index contributed by atoms with van der Waals surface area (Å²) >= 11 is 0. The van der Waals surface area contributed by atoms with Gasteiger partial charge in [-0.05, 0) is 0 Å². The van der Waals surface area contributed by atoms with Crippen LogP contribution in [0.5, 0.6) is 0 Å². The van der Waals surface area contributed by atoms with Gasteiger partial charge in [-0.1, -0.05) is 12.2 Å². The fraction of sp³-hybridized carbons (Fsp3) is 0.714. The highest BCUT2D eigenvalue weighted by Crippen LogP contribution is 2.12. The number of aliphatic hydroxyl groups excluding tert-OH is 2. The third-order valence-electron chi connectivity index (χ3n) is 1.52. The molecule has 1 aliphatic rings. The molecule has 0 saturated carbocycles. The van der Waals surface area contributed by atoms with Gasteiger partial charge in [-0.15, -0.1) is 0 Å². The maximum Gasteiger partial charge on any atom is 0.187 e. The number of methoxy groups -OCH3 is 1. The number of hydrogen-bond acceptors (Lipinski definition) is 4. The lowest BCUT2D eigenvalue weighted by Crippen LogP contribution is -2.37. The first-order valence-corrected chi connectivity index (χ1v) is 3.43. The van der Waals surface area contributed by atoms with Gasteiger partial charge in [-0.3, -0.25) is 0 Å². The van der Waals surface area contributed by atoms with E-state index >= 15 is 0 Å². The van der Waals surface area contributed by atoms with Crippen molar-refractivity contribution in [2.24, 2.45) is 0 Å². The Hall–Kier alpha value is -0.420. The van der Waals surface area contributed by atoms with Gasteiger partial charge in [0.25, 0.3) is 0 Å². The fourth-order valence-corrected chi connectivity index (χ4v) is 0.925. The van der Waals surface area contributed by atoms with Crippen LogP contribution in [0.25, 0.3) is 0 Å². The summed E-state index contributed by atoms with van der Waals surface area (Å²) in [5, 5.41) is 17.8. The molecule has 3 atom stereocenters. The molecule has 0 fully saturated rings. The minimum atomic E-state index is -0.734. The van der Waals surface area contributed by atoms with Gasteiger partial charge < -0.3 is 19.7 Å². The van der Waals surface area contributed by atoms with Gasteiger partial charge >= 0.3 is 0 Å². The monoisotopic (exact) mass is 160 g/mol. The van der Waals surface area contributed by atoms with E-state index in [1.807, 2.05) is 0 Å². The summed E-state index contributed by atoms with van der Waals surface area (Å²) in [5.74, 6) is 0. The second-order valence-corrected chi connectivity index (χ2v) is 2.34. The molecule has 0 saturated heterocycles. The predicted molar refractivity (Wildman–Crippen MR) is 37.9 cm³/mol.